The van der Waals surface area contributed by atoms with Crippen LogP contribution in [0.5, 0.6) is 0 Å². The Morgan fingerprint density at radius 2 is 1.67 bits per heavy atom. The average molecular weight is 213 g/mol. The number of hydrogen-bond acceptors (Lipinski definition) is 2. The summed E-state index contributed by atoms with van der Waals surface area (Å²) in [6.45, 7) is 4.47. The zero-order valence-corrected chi connectivity index (χ0v) is 10.6. The summed E-state index contributed by atoms with van der Waals surface area (Å²) in [6.07, 6.45) is 8.55. The van der Waals surface area contributed by atoms with Crippen molar-refractivity contribution in [2.45, 2.75) is 70.4 Å². The van der Waals surface area contributed by atoms with E-state index >= 15 is 0 Å². The summed E-state index contributed by atoms with van der Waals surface area (Å²) in [5.41, 5.74) is 6.42. The third-order valence-corrected chi connectivity index (χ3v) is 4.27. The molecule has 2 heteroatoms. The molecule has 1 atom stereocenters. The van der Waals surface area contributed by atoms with E-state index in [2.05, 4.69) is 13.8 Å². The molecule has 90 valence electrons. The van der Waals surface area contributed by atoms with Crippen LogP contribution in [0.2, 0.25) is 0 Å². The van der Waals surface area contributed by atoms with Crippen LogP contribution in [0.15, 0.2) is 0 Å². The van der Waals surface area contributed by atoms with E-state index in [1.807, 2.05) is 7.11 Å². The molecule has 0 aromatic rings. The molecule has 0 aromatic carbocycles. The Kier molecular flexibility index (Phi) is 5.07. The van der Waals surface area contributed by atoms with E-state index in [1.165, 1.54) is 32.1 Å². The maximum absolute atomic E-state index is 6.43. The van der Waals surface area contributed by atoms with Gasteiger partial charge in [0.05, 0.1) is 5.60 Å². The molecule has 0 aromatic heterocycles. The Labute approximate surface area is 94.6 Å². The van der Waals surface area contributed by atoms with Crippen molar-refractivity contribution in [2.75, 3.05) is 7.11 Å². The lowest BCUT2D eigenvalue weighted by Crippen LogP contribution is -2.54. The highest BCUT2D eigenvalue weighted by Crippen LogP contribution is 2.37. The van der Waals surface area contributed by atoms with Crippen molar-refractivity contribution in [3.05, 3.63) is 0 Å². The van der Waals surface area contributed by atoms with E-state index < -0.39 is 0 Å². The largest absolute Gasteiger partial charge is 0.377 e. The third kappa shape index (κ3) is 2.73. The summed E-state index contributed by atoms with van der Waals surface area (Å²) in [5.74, 6) is 0.614. The average Bonchev–Trinajstić information content (AvgIpc) is 2.31. The van der Waals surface area contributed by atoms with Gasteiger partial charge in [-0.3, -0.25) is 0 Å². The lowest BCUT2D eigenvalue weighted by Gasteiger charge is -2.43. The fourth-order valence-electron chi connectivity index (χ4n) is 3.05. The fourth-order valence-corrected chi connectivity index (χ4v) is 3.05. The van der Waals surface area contributed by atoms with Crippen molar-refractivity contribution in [3.63, 3.8) is 0 Å². The molecule has 1 fully saturated rings. The van der Waals surface area contributed by atoms with Gasteiger partial charge < -0.3 is 10.5 Å². The van der Waals surface area contributed by atoms with Crippen LogP contribution in [0.3, 0.4) is 0 Å². The normalized spacial score (nSPS) is 23.0. The van der Waals surface area contributed by atoms with Gasteiger partial charge in [-0.1, -0.05) is 46.0 Å². The number of hydrogen-bond donors (Lipinski definition) is 1. The van der Waals surface area contributed by atoms with Crippen LogP contribution >= 0.6 is 0 Å². The van der Waals surface area contributed by atoms with Gasteiger partial charge in [-0.25, -0.2) is 0 Å². The van der Waals surface area contributed by atoms with Gasteiger partial charge in [0.1, 0.15) is 0 Å². The summed E-state index contributed by atoms with van der Waals surface area (Å²) in [4.78, 5) is 0. The maximum atomic E-state index is 6.43. The first kappa shape index (κ1) is 13.0. The molecule has 0 spiro atoms. The first-order valence-corrected chi connectivity index (χ1v) is 6.51. The van der Waals surface area contributed by atoms with Crippen LogP contribution in [0.4, 0.5) is 0 Å². The standard InChI is InChI=1S/C13H27NO/c1-4-11(5-2)12(14)13(15-3)9-7-6-8-10-13/h11-12H,4-10,14H2,1-3H3. The predicted molar refractivity (Wildman–Crippen MR) is 64.9 cm³/mol. The van der Waals surface area contributed by atoms with Crippen LogP contribution < -0.4 is 5.73 Å². The predicted octanol–water partition coefficient (Wildman–Crippen LogP) is 3.10. The third-order valence-electron chi connectivity index (χ3n) is 4.27. The lowest BCUT2D eigenvalue weighted by molar-refractivity contribution is -0.0722. The smallest absolute Gasteiger partial charge is 0.0831 e. The van der Waals surface area contributed by atoms with Gasteiger partial charge in [-0.2, -0.15) is 0 Å². The van der Waals surface area contributed by atoms with E-state index in [4.69, 9.17) is 10.5 Å². The molecule has 2 N–H and O–H groups in total. The highest BCUT2D eigenvalue weighted by molar-refractivity contribution is 4.96. The van der Waals surface area contributed by atoms with Gasteiger partial charge in [0.15, 0.2) is 0 Å². The van der Waals surface area contributed by atoms with Crippen LogP contribution in [-0.2, 0) is 4.74 Å². The molecule has 2 nitrogen and oxygen atoms in total. The minimum absolute atomic E-state index is 0.0189. The highest BCUT2D eigenvalue weighted by atomic mass is 16.5. The number of methoxy groups -OCH3 is 1. The van der Waals surface area contributed by atoms with Crippen molar-refractivity contribution < 1.29 is 4.74 Å². The lowest BCUT2D eigenvalue weighted by atomic mass is 9.73. The second-order valence-electron chi connectivity index (χ2n) is 4.93. The van der Waals surface area contributed by atoms with Crippen molar-refractivity contribution in [1.29, 1.82) is 0 Å². The fraction of sp³-hybridized carbons (Fsp3) is 1.00. The molecule has 15 heavy (non-hydrogen) atoms. The van der Waals surface area contributed by atoms with Gasteiger partial charge in [-0.05, 0) is 18.8 Å². The van der Waals surface area contributed by atoms with E-state index in [0.717, 1.165) is 12.8 Å². The molecule has 1 saturated carbocycles. The Balaban J connectivity index is 2.70. The summed E-state index contributed by atoms with van der Waals surface area (Å²) in [7, 11) is 1.84. The molecular weight excluding hydrogens is 186 g/mol. The molecule has 0 radical (unpaired) electrons. The Hall–Kier alpha value is -0.0800. The van der Waals surface area contributed by atoms with Crippen molar-refractivity contribution in [1.82, 2.24) is 0 Å². The van der Waals surface area contributed by atoms with Crippen LogP contribution in [0.25, 0.3) is 0 Å². The molecule has 0 saturated heterocycles. The second kappa shape index (κ2) is 5.86. The van der Waals surface area contributed by atoms with Crippen LogP contribution in [-0.4, -0.2) is 18.8 Å². The number of ether oxygens (including phenoxy) is 1. The van der Waals surface area contributed by atoms with Crippen molar-refractivity contribution in [3.8, 4) is 0 Å². The Morgan fingerprint density at radius 1 is 1.13 bits per heavy atom. The summed E-state index contributed by atoms with van der Waals surface area (Å²) in [5, 5.41) is 0. The monoisotopic (exact) mass is 213 g/mol. The zero-order chi connectivity index (χ0) is 11.3. The maximum Gasteiger partial charge on any atom is 0.0831 e. The van der Waals surface area contributed by atoms with Gasteiger partial charge in [0.2, 0.25) is 0 Å². The number of nitrogens with two attached hydrogens (primary N) is 1. The Morgan fingerprint density at radius 3 is 2.07 bits per heavy atom. The molecule has 1 rings (SSSR count). The van der Waals surface area contributed by atoms with Gasteiger partial charge in [-0.15, -0.1) is 0 Å². The van der Waals surface area contributed by atoms with Crippen LogP contribution in [0.1, 0.15) is 58.8 Å². The molecule has 0 aliphatic heterocycles. The van der Waals surface area contributed by atoms with Crippen LogP contribution in [0, 0.1) is 5.92 Å². The van der Waals surface area contributed by atoms with Crippen molar-refractivity contribution >= 4 is 0 Å². The molecule has 1 aliphatic rings. The van der Waals surface area contributed by atoms with E-state index in [9.17, 15) is 0 Å². The zero-order valence-electron chi connectivity index (χ0n) is 10.6. The molecule has 0 bridgehead atoms. The molecule has 0 heterocycles. The first-order chi connectivity index (χ1) is 7.20. The van der Waals surface area contributed by atoms with Gasteiger partial charge >= 0.3 is 0 Å². The quantitative estimate of drug-likeness (QED) is 0.761. The van der Waals surface area contributed by atoms with Crippen molar-refractivity contribution in [2.24, 2.45) is 11.7 Å². The second-order valence-corrected chi connectivity index (χ2v) is 4.93. The minimum atomic E-state index is -0.0189. The van der Waals surface area contributed by atoms with E-state index in [-0.39, 0.29) is 11.6 Å². The van der Waals surface area contributed by atoms with E-state index in [0.29, 0.717) is 5.92 Å². The highest BCUT2D eigenvalue weighted by Gasteiger charge is 2.40. The molecule has 0 amide bonds. The molecular formula is C13H27NO. The SMILES string of the molecule is CCC(CC)C(N)C1(OC)CCCCC1. The van der Waals surface area contributed by atoms with Gasteiger partial charge in [0.25, 0.3) is 0 Å². The first-order valence-electron chi connectivity index (χ1n) is 6.51. The van der Waals surface area contributed by atoms with Gasteiger partial charge in [0, 0.05) is 13.2 Å². The Bertz CT molecular complexity index is 171. The topological polar surface area (TPSA) is 35.2 Å². The summed E-state index contributed by atoms with van der Waals surface area (Å²) >= 11 is 0. The molecule has 1 aliphatic carbocycles. The summed E-state index contributed by atoms with van der Waals surface area (Å²) in [6, 6.07) is 0.220. The number of rotatable bonds is 5. The molecule has 1 unspecified atom stereocenters. The summed E-state index contributed by atoms with van der Waals surface area (Å²) < 4.78 is 5.80. The van der Waals surface area contributed by atoms with E-state index in [1.54, 1.807) is 0 Å². The minimum Gasteiger partial charge on any atom is -0.377 e.